The first-order valence-electron chi connectivity index (χ1n) is 7.59. The van der Waals surface area contributed by atoms with Crippen molar-refractivity contribution in [1.82, 2.24) is 0 Å². The Morgan fingerprint density at radius 1 is 1.04 bits per heavy atom. The summed E-state index contributed by atoms with van der Waals surface area (Å²) in [5.41, 5.74) is 0.367. The fourth-order valence-electron chi connectivity index (χ4n) is 2.30. The van der Waals surface area contributed by atoms with Crippen molar-refractivity contribution in [3.63, 3.8) is 0 Å². The van der Waals surface area contributed by atoms with Crippen LogP contribution in [0, 0.1) is 0 Å². The van der Waals surface area contributed by atoms with Crippen LogP contribution in [0.5, 0.6) is 0 Å². The van der Waals surface area contributed by atoms with E-state index < -0.39 is 10.0 Å². The van der Waals surface area contributed by atoms with Crippen LogP contribution in [-0.4, -0.2) is 19.8 Å². The van der Waals surface area contributed by atoms with E-state index in [9.17, 15) is 8.42 Å². The molecule has 0 aliphatic rings. The molecule has 0 spiro atoms. The molecule has 25 heavy (non-hydrogen) atoms. The Morgan fingerprint density at radius 2 is 1.64 bits per heavy atom. The fraction of sp³-hybridized carbons (Fsp3) is 0.294. The van der Waals surface area contributed by atoms with E-state index in [0.29, 0.717) is 38.5 Å². The Balaban J connectivity index is 2.46. The van der Waals surface area contributed by atoms with Crippen LogP contribution in [0.3, 0.4) is 0 Å². The lowest BCUT2D eigenvalue weighted by molar-refractivity contribution is 0.587. The summed E-state index contributed by atoms with van der Waals surface area (Å²) in [4.78, 5) is 0.447. The molecule has 0 saturated heterocycles. The molecule has 0 N–H and O–H groups in total. The maximum absolute atomic E-state index is 13.2. The van der Waals surface area contributed by atoms with Gasteiger partial charge in [-0.25, -0.2) is 8.42 Å². The van der Waals surface area contributed by atoms with Gasteiger partial charge in [0.2, 0.25) is 0 Å². The number of anilines is 1. The Morgan fingerprint density at radius 3 is 2.24 bits per heavy atom. The summed E-state index contributed by atoms with van der Waals surface area (Å²) >= 11 is 21.7. The highest BCUT2D eigenvalue weighted by molar-refractivity contribution is 9.09. The predicted molar refractivity (Wildman–Crippen MR) is 110 cm³/mol. The van der Waals surface area contributed by atoms with Crippen molar-refractivity contribution in [3.05, 3.63) is 57.5 Å². The van der Waals surface area contributed by atoms with E-state index in [4.69, 9.17) is 34.8 Å². The normalized spacial score (nSPS) is 12.8. The molecule has 0 bridgehead atoms. The van der Waals surface area contributed by atoms with Crippen LogP contribution in [0.2, 0.25) is 15.1 Å². The summed E-state index contributed by atoms with van der Waals surface area (Å²) in [6.07, 6.45) is 1.49. The van der Waals surface area contributed by atoms with Crippen molar-refractivity contribution in [2.45, 2.75) is 29.5 Å². The maximum atomic E-state index is 13.2. The minimum Gasteiger partial charge on any atom is -0.265 e. The molecule has 0 aliphatic heterocycles. The topological polar surface area (TPSA) is 37.4 Å². The van der Waals surface area contributed by atoms with E-state index in [2.05, 4.69) is 15.9 Å². The van der Waals surface area contributed by atoms with Crippen LogP contribution in [0.1, 0.15) is 19.8 Å². The van der Waals surface area contributed by atoms with Crippen LogP contribution in [0.25, 0.3) is 0 Å². The molecule has 0 aliphatic carbocycles. The average Bonchev–Trinajstić information content (AvgIpc) is 2.54. The lowest BCUT2D eigenvalue weighted by atomic mass is 10.2. The lowest BCUT2D eigenvalue weighted by Crippen LogP contribution is -2.32. The minimum absolute atomic E-state index is 0.153. The summed E-state index contributed by atoms with van der Waals surface area (Å²) in [7, 11) is -3.79. The lowest BCUT2D eigenvalue weighted by Gasteiger charge is -2.26. The molecule has 136 valence electrons. The number of rotatable bonds is 7. The predicted octanol–water partition coefficient (Wildman–Crippen LogP) is 6.41. The van der Waals surface area contributed by atoms with Crippen molar-refractivity contribution in [2.75, 3.05) is 10.8 Å². The number of hydrogen-bond acceptors (Lipinski definition) is 2. The molecule has 0 aromatic heterocycles. The van der Waals surface area contributed by atoms with Crippen LogP contribution in [0.4, 0.5) is 5.69 Å². The van der Waals surface area contributed by atoms with Crippen LogP contribution >= 0.6 is 50.7 Å². The second kappa shape index (κ2) is 8.96. The van der Waals surface area contributed by atoms with E-state index in [1.165, 1.54) is 16.4 Å². The number of hydrogen-bond donors (Lipinski definition) is 0. The molecule has 0 fully saturated rings. The molecule has 2 aromatic carbocycles. The Labute approximate surface area is 172 Å². The molecule has 3 nitrogen and oxygen atoms in total. The zero-order valence-corrected chi connectivity index (χ0v) is 18.1. The van der Waals surface area contributed by atoms with Crippen LogP contribution in [-0.2, 0) is 10.0 Å². The number of halogens is 4. The van der Waals surface area contributed by atoms with Crippen molar-refractivity contribution in [3.8, 4) is 0 Å². The molecule has 2 rings (SSSR count). The molecule has 1 atom stereocenters. The van der Waals surface area contributed by atoms with Crippen LogP contribution < -0.4 is 4.31 Å². The third-order valence-corrected chi connectivity index (χ3v) is 6.63. The molecule has 0 saturated carbocycles. The standard InChI is InChI=1S/C17H17BrCl3NO2S/c1-12(18)3-2-10-22(17-11-14(20)6-9-16(17)21)25(23,24)15-7-4-13(19)5-8-15/h4-9,11-12H,2-3,10H2,1H3/t12-/m1/s1. The SMILES string of the molecule is C[C@@H](Br)CCCN(c1cc(Cl)ccc1Cl)S(=O)(=O)c1ccc(Cl)cc1. The largest absolute Gasteiger partial charge is 0.265 e. The first-order valence-corrected chi connectivity index (χ1v) is 11.1. The van der Waals surface area contributed by atoms with Crippen molar-refractivity contribution < 1.29 is 8.42 Å². The Bertz CT molecular complexity index is 826. The molecule has 0 unspecified atom stereocenters. The zero-order valence-electron chi connectivity index (χ0n) is 13.4. The van der Waals surface area contributed by atoms with E-state index in [0.717, 1.165) is 6.42 Å². The summed E-state index contributed by atoms with van der Waals surface area (Å²) < 4.78 is 27.6. The molecule has 2 aromatic rings. The third-order valence-electron chi connectivity index (χ3n) is 3.54. The molecule has 0 heterocycles. The van der Waals surface area contributed by atoms with Gasteiger partial charge in [-0.15, -0.1) is 0 Å². The summed E-state index contributed by atoms with van der Waals surface area (Å²) in [6.45, 7) is 2.31. The van der Waals surface area contributed by atoms with Crippen molar-refractivity contribution >= 4 is 66.4 Å². The minimum atomic E-state index is -3.79. The summed E-state index contributed by atoms with van der Waals surface area (Å²) in [5.74, 6) is 0. The zero-order chi connectivity index (χ0) is 18.6. The van der Waals surface area contributed by atoms with Gasteiger partial charge >= 0.3 is 0 Å². The van der Waals surface area contributed by atoms with E-state index >= 15 is 0 Å². The second-order valence-electron chi connectivity index (χ2n) is 5.55. The Kier molecular flexibility index (Phi) is 7.47. The molecule has 8 heteroatoms. The van der Waals surface area contributed by atoms with Crippen LogP contribution in [0.15, 0.2) is 47.4 Å². The van der Waals surface area contributed by atoms with Gasteiger partial charge in [-0.2, -0.15) is 0 Å². The van der Waals surface area contributed by atoms with Gasteiger partial charge in [0.15, 0.2) is 0 Å². The second-order valence-corrected chi connectivity index (χ2v) is 10.3. The van der Waals surface area contributed by atoms with Gasteiger partial charge in [0.25, 0.3) is 10.0 Å². The molecular weight excluding hydrogens is 469 g/mol. The van der Waals surface area contributed by atoms with Gasteiger partial charge in [-0.05, 0) is 55.3 Å². The fourth-order valence-corrected chi connectivity index (χ4v) is 4.70. The molecule has 0 radical (unpaired) electrons. The van der Waals surface area contributed by atoms with E-state index in [-0.39, 0.29) is 4.90 Å². The quantitative estimate of drug-likeness (QED) is 0.425. The van der Waals surface area contributed by atoms with Crippen molar-refractivity contribution in [2.24, 2.45) is 0 Å². The first-order chi connectivity index (χ1) is 11.7. The van der Waals surface area contributed by atoms with Gasteiger partial charge in [0.05, 0.1) is 15.6 Å². The van der Waals surface area contributed by atoms with Gasteiger partial charge < -0.3 is 0 Å². The van der Waals surface area contributed by atoms with Crippen molar-refractivity contribution in [1.29, 1.82) is 0 Å². The van der Waals surface area contributed by atoms with Gasteiger partial charge in [0, 0.05) is 21.4 Å². The monoisotopic (exact) mass is 483 g/mol. The smallest absolute Gasteiger partial charge is 0.264 e. The Hall–Kier alpha value is -0.460. The summed E-state index contributed by atoms with van der Waals surface area (Å²) in [5, 5.41) is 1.22. The van der Waals surface area contributed by atoms with Gasteiger partial charge in [-0.1, -0.05) is 57.7 Å². The highest BCUT2D eigenvalue weighted by atomic mass is 79.9. The van der Waals surface area contributed by atoms with E-state index in [1.54, 1.807) is 30.3 Å². The number of sulfonamides is 1. The number of benzene rings is 2. The number of alkyl halides is 1. The van der Waals surface area contributed by atoms with E-state index in [1.807, 2.05) is 6.92 Å². The highest BCUT2D eigenvalue weighted by Gasteiger charge is 2.26. The average molecular weight is 486 g/mol. The highest BCUT2D eigenvalue weighted by Crippen LogP contribution is 2.33. The van der Waals surface area contributed by atoms with Gasteiger partial charge in [0.1, 0.15) is 0 Å². The van der Waals surface area contributed by atoms with Gasteiger partial charge in [-0.3, -0.25) is 4.31 Å². The maximum Gasteiger partial charge on any atom is 0.264 e. The number of nitrogens with zero attached hydrogens (tertiary/aromatic N) is 1. The summed E-state index contributed by atoms with van der Waals surface area (Å²) in [6, 6.07) is 10.8. The molecule has 0 amide bonds. The third kappa shape index (κ3) is 5.51. The molecular formula is C17H17BrCl3NO2S. The first kappa shape index (κ1) is 20.8.